The Morgan fingerprint density at radius 1 is 0.970 bits per heavy atom. The van der Waals surface area contributed by atoms with E-state index < -0.39 is 0 Å². The summed E-state index contributed by atoms with van der Waals surface area (Å²) in [5, 5.41) is 2.40. The Morgan fingerprint density at radius 2 is 1.73 bits per heavy atom. The Labute approximate surface area is 195 Å². The Morgan fingerprint density at radius 3 is 2.48 bits per heavy atom. The maximum Gasteiger partial charge on any atom is 0.252 e. The molecule has 0 saturated heterocycles. The highest BCUT2D eigenvalue weighted by molar-refractivity contribution is 5.83. The van der Waals surface area contributed by atoms with Crippen molar-refractivity contribution in [1.82, 2.24) is 9.97 Å². The van der Waals surface area contributed by atoms with E-state index in [1.54, 1.807) is 6.07 Å². The van der Waals surface area contributed by atoms with Gasteiger partial charge in [0.05, 0.1) is 5.69 Å². The molecular formula is C29H31N3O. The van der Waals surface area contributed by atoms with Crippen molar-refractivity contribution in [3.8, 4) is 0 Å². The predicted octanol–water partition coefficient (Wildman–Crippen LogP) is 5.78. The number of benzene rings is 3. The lowest BCUT2D eigenvalue weighted by atomic mass is 9.96. The number of hydrogen-bond acceptors (Lipinski definition) is 3. The Bertz CT molecular complexity index is 1260. The maximum atomic E-state index is 12.5. The zero-order valence-electron chi connectivity index (χ0n) is 19.2. The third-order valence-electron chi connectivity index (χ3n) is 6.05. The van der Waals surface area contributed by atoms with Crippen LogP contribution < -0.4 is 10.5 Å². The second-order valence-electron chi connectivity index (χ2n) is 8.58. The predicted molar refractivity (Wildman–Crippen MR) is 138 cm³/mol. The molecule has 0 aliphatic heterocycles. The van der Waals surface area contributed by atoms with Crippen LogP contribution in [0.4, 0.5) is 5.95 Å². The molecule has 4 nitrogen and oxygen atoms in total. The quantitative estimate of drug-likeness (QED) is 0.320. The van der Waals surface area contributed by atoms with E-state index in [0.717, 1.165) is 30.6 Å². The van der Waals surface area contributed by atoms with Gasteiger partial charge >= 0.3 is 0 Å². The Kier molecular flexibility index (Phi) is 7.36. The summed E-state index contributed by atoms with van der Waals surface area (Å²) in [6.07, 6.45) is 4.52. The minimum atomic E-state index is -0.124. The summed E-state index contributed by atoms with van der Waals surface area (Å²) < 4.78 is 0. The van der Waals surface area contributed by atoms with Crippen molar-refractivity contribution < 1.29 is 0 Å². The number of nitrogens with zero attached hydrogens (tertiary/aromatic N) is 2. The zero-order valence-corrected chi connectivity index (χ0v) is 19.2. The molecule has 0 fully saturated rings. The highest BCUT2D eigenvalue weighted by atomic mass is 16.1. The van der Waals surface area contributed by atoms with Gasteiger partial charge in [-0.05, 0) is 34.2 Å². The molecule has 1 N–H and O–H groups in total. The molecule has 1 aromatic heterocycles. The first-order chi connectivity index (χ1) is 16.1. The van der Waals surface area contributed by atoms with Gasteiger partial charge in [0.25, 0.3) is 5.56 Å². The van der Waals surface area contributed by atoms with Crippen LogP contribution in [0.25, 0.3) is 10.8 Å². The highest BCUT2D eigenvalue weighted by Crippen LogP contribution is 2.19. The molecule has 0 aliphatic carbocycles. The molecule has 4 rings (SSSR count). The average Bonchev–Trinajstić information content (AvgIpc) is 2.83. The number of rotatable bonds is 10. The van der Waals surface area contributed by atoms with Crippen LogP contribution in [-0.4, -0.2) is 23.1 Å². The molecule has 3 aromatic carbocycles. The van der Waals surface area contributed by atoms with Crippen molar-refractivity contribution in [3.05, 3.63) is 119 Å². The lowest BCUT2D eigenvalue weighted by Crippen LogP contribution is -2.33. The third-order valence-corrected chi connectivity index (χ3v) is 6.05. The first-order valence-electron chi connectivity index (χ1n) is 11.6. The summed E-state index contributed by atoms with van der Waals surface area (Å²) in [6.45, 7) is 7.58. The monoisotopic (exact) mass is 437 g/mol. The summed E-state index contributed by atoms with van der Waals surface area (Å²) in [5.41, 5.74) is 3.12. The molecule has 0 unspecified atom stereocenters. The normalized spacial score (nSPS) is 11.9. The number of nitrogens with one attached hydrogen (secondary N) is 1. The molecule has 0 bridgehead atoms. The van der Waals surface area contributed by atoms with Gasteiger partial charge < -0.3 is 4.90 Å². The molecule has 0 saturated carbocycles. The topological polar surface area (TPSA) is 49.0 Å². The van der Waals surface area contributed by atoms with Gasteiger partial charge in [-0.2, -0.15) is 0 Å². The lowest BCUT2D eigenvalue weighted by molar-refractivity contribution is 0.497. The van der Waals surface area contributed by atoms with Gasteiger partial charge in [-0.25, -0.2) is 4.98 Å². The SMILES string of the molecule is C=CCN(C[C@@H](CC)Cc1ccccc1)c1nc(Cc2ccc3ccccc3c2)cc(=O)[nH]1. The highest BCUT2D eigenvalue weighted by Gasteiger charge is 2.16. The van der Waals surface area contributed by atoms with Crippen LogP contribution in [-0.2, 0) is 12.8 Å². The van der Waals surface area contributed by atoms with Crippen LogP contribution in [0.2, 0.25) is 0 Å². The van der Waals surface area contributed by atoms with Crippen LogP contribution in [0, 0.1) is 5.92 Å². The van der Waals surface area contributed by atoms with E-state index >= 15 is 0 Å². The molecule has 33 heavy (non-hydrogen) atoms. The van der Waals surface area contributed by atoms with E-state index in [4.69, 9.17) is 4.98 Å². The molecular weight excluding hydrogens is 406 g/mol. The molecule has 0 radical (unpaired) electrons. The number of fused-ring (bicyclic) bond motifs is 1. The van der Waals surface area contributed by atoms with Crippen molar-refractivity contribution >= 4 is 16.7 Å². The smallest absolute Gasteiger partial charge is 0.252 e. The fourth-order valence-corrected chi connectivity index (χ4v) is 4.29. The van der Waals surface area contributed by atoms with Crippen LogP contribution in [0.5, 0.6) is 0 Å². The summed E-state index contributed by atoms with van der Waals surface area (Å²) in [4.78, 5) is 22.5. The molecule has 0 aliphatic rings. The molecule has 0 amide bonds. The molecule has 1 heterocycles. The van der Waals surface area contributed by atoms with Gasteiger partial charge in [-0.3, -0.25) is 9.78 Å². The fourth-order valence-electron chi connectivity index (χ4n) is 4.29. The van der Waals surface area contributed by atoms with Gasteiger partial charge in [0.2, 0.25) is 5.95 Å². The van der Waals surface area contributed by atoms with E-state index in [1.165, 1.54) is 16.3 Å². The Hall–Kier alpha value is -3.66. The number of anilines is 1. The number of hydrogen-bond donors (Lipinski definition) is 1. The van der Waals surface area contributed by atoms with E-state index in [1.807, 2.05) is 24.3 Å². The Balaban J connectivity index is 1.56. The first-order valence-corrected chi connectivity index (χ1v) is 11.6. The summed E-state index contributed by atoms with van der Waals surface area (Å²) >= 11 is 0. The number of H-pyrrole nitrogens is 1. The first kappa shape index (κ1) is 22.5. The van der Waals surface area contributed by atoms with Crippen molar-refractivity contribution in [2.24, 2.45) is 5.92 Å². The van der Waals surface area contributed by atoms with Gasteiger partial charge in [0.1, 0.15) is 0 Å². The fraction of sp³-hybridized carbons (Fsp3) is 0.241. The van der Waals surface area contributed by atoms with Crippen molar-refractivity contribution in [2.45, 2.75) is 26.2 Å². The maximum absolute atomic E-state index is 12.5. The lowest BCUT2D eigenvalue weighted by Gasteiger charge is -2.27. The minimum absolute atomic E-state index is 0.124. The van der Waals surface area contributed by atoms with E-state index in [0.29, 0.717) is 24.8 Å². The van der Waals surface area contributed by atoms with Crippen LogP contribution >= 0.6 is 0 Å². The second kappa shape index (κ2) is 10.8. The van der Waals surface area contributed by atoms with Gasteiger partial charge in [-0.1, -0.05) is 92.2 Å². The van der Waals surface area contributed by atoms with Gasteiger partial charge in [0, 0.05) is 25.6 Å². The number of aromatic amines is 1. The molecule has 1 atom stereocenters. The second-order valence-corrected chi connectivity index (χ2v) is 8.58. The van der Waals surface area contributed by atoms with Crippen LogP contribution in [0.15, 0.2) is 96.3 Å². The van der Waals surface area contributed by atoms with Crippen LogP contribution in [0.3, 0.4) is 0 Å². The van der Waals surface area contributed by atoms with Crippen molar-refractivity contribution in [1.29, 1.82) is 0 Å². The standard InChI is InChI=1S/C29H31N3O/c1-3-16-32(21-22(4-2)17-23-10-6-5-7-11-23)29-30-27(20-28(33)31-29)19-24-14-15-25-12-8-9-13-26(25)18-24/h3,5-15,18,20,22H,1,4,16-17,19,21H2,2H3,(H,30,31,33)/t22-/m0/s1. The molecule has 4 aromatic rings. The number of aromatic nitrogens is 2. The van der Waals surface area contributed by atoms with Crippen molar-refractivity contribution in [3.63, 3.8) is 0 Å². The summed E-state index contributed by atoms with van der Waals surface area (Å²) in [6, 6.07) is 26.9. The van der Waals surface area contributed by atoms with Gasteiger partial charge in [0.15, 0.2) is 0 Å². The molecule has 0 spiro atoms. The molecule has 168 valence electrons. The third kappa shape index (κ3) is 5.98. The summed E-state index contributed by atoms with van der Waals surface area (Å²) in [5.74, 6) is 1.06. The minimum Gasteiger partial charge on any atom is -0.338 e. The zero-order chi connectivity index (χ0) is 23.0. The van der Waals surface area contributed by atoms with Crippen LogP contribution in [0.1, 0.15) is 30.2 Å². The van der Waals surface area contributed by atoms with Gasteiger partial charge in [-0.15, -0.1) is 6.58 Å². The van der Waals surface area contributed by atoms with E-state index in [9.17, 15) is 4.79 Å². The average molecular weight is 438 g/mol. The van der Waals surface area contributed by atoms with E-state index in [2.05, 4.69) is 78.0 Å². The van der Waals surface area contributed by atoms with E-state index in [-0.39, 0.29) is 5.56 Å². The van der Waals surface area contributed by atoms with Crippen molar-refractivity contribution in [2.75, 3.05) is 18.0 Å². The molecule has 4 heteroatoms. The summed E-state index contributed by atoms with van der Waals surface area (Å²) in [7, 11) is 0. The largest absolute Gasteiger partial charge is 0.338 e.